The molecule has 1 aliphatic rings. The van der Waals surface area contributed by atoms with Gasteiger partial charge >= 0.3 is 5.69 Å². The van der Waals surface area contributed by atoms with Crippen molar-refractivity contribution in [1.82, 2.24) is 9.97 Å². The molecule has 1 atom stereocenters. The topological polar surface area (TPSA) is 87.0 Å². The number of allylic oxidation sites excluding steroid dienone is 1. The maximum absolute atomic E-state index is 12.7. The summed E-state index contributed by atoms with van der Waals surface area (Å²) in [4.78, 5) is 29.6. The second-order valence-electron chi connectivity index (χ2n) is 7.59. The summed E-state index contributed by atoms with van der Waals surface area (Å²) in [6.07, 6.45) is 2.01. The Hall–Kier alpha value is -4.32. The molecular formula is C26H21N3O3. The van der Waals surface area contributed by atoms with E-state index in [-0.39, 0.29) is 5.92 Å². The third-order valence-corrected chi connectivity index (χ3v) is 5.46. The molecule has 5 rings (SSSR count). The van der Waals surface area contributed by atoms with E-state index in [1.54, 1.807) is 0 Å². The summed E-state index contributed by atoms with van der Waals surface area (Å²) in [5.74, 6) is 0.828. The Morgan fingerprint density at radius 2 is 1.47 bits per heavy atom. The van der Waals surface area contributed by atoms with Crippen molar-refractivity contribution in [2.45, 2.75) is 12.5 Å². The van der Waals surface area contributed by atoms with Crippen LogP contribution in [-0.2, 0) is 6.61 Å². The molecule has 2 heterocycles. The van der Waals surface area contributed by atoms with Crippen molar-refractivity contribution < 1.29 is 4.74 Å². The number of H-pyrrole nitrogens is 2. The fraction of sp³-hybridized carbons (Fsp3) is 0.0769. The van der Waals surface area contributed by atoms with Crippen LogP contribution in [0.4, 0.5) is 5.82 Å². The average Bonchev–Trinajstić information content (AvgIpc) is 2.83. The van der Waals surface area contributed by atoms with Gasteiger partial charge in [0.1, 0.15) is 18.2 Å². The lowest BCUT2D eigenvalue weighted by molar-refractivity contribution is 0.306. The van der Waals surface area contributed by atoms with Crippen molar-refractivity contribution in [3.8, 4) is 5.75 Å². The number of anilines is 1. The molecule has 3 aromatic carbocycles. The molecule has 0 fully saturated rings. The molecule has 0 aliphatic carbocycles. The van der Waals surface area contributed by atoms with Gasteiger partial charge in [0.25, 0.3) is 5.56 Å². The van der Waals surface area contributed by atoms with E-state index in [1.807, 2.05) is 91.0 Å². The number of aromatic nitrogens is 2. The molecule has 158 valence electrons. The quantitative estimate of drug-likeness (QED) is 0.448. The fourth-order valence-electron chi connectivity index (χ4n) is 3.88. The SMILES string of the molecule is O=c1[nH]c2c(c(=O)[nH]1)C(c1ccc(OCc3ccccc3)cc1)C=C(c1ccccc1)N2. The minimum Gasteiger partial charge on any atom is -0.489 e. The summed E-state index contributed by atoms with van der Waals surface area (Å²) in [7, 11) is 0. The molecule has 0 bridgehead atoms. The lowest BCUT2D eigenvalue weighted by atomic mass is 9.88. The Morgan fingerprint density at radius 3 is 2.19 bits per heavy atom. The van der Waals surface area contributed by atoms with Gasteiger partial charge in [-0.05, 0) is 34.9 Å². The average molecular weight is 423 g/mol. The molecule has 0 saturated carbocycles. The van der Waals surface area contributed by atoms with Gasteiger partial charge in [-0.2, -0.15) is 0 Å². The molecule has 4 aromatic rings. The van der Waals surface area contributed by atoms with E-state index in [0.29, 0.717) is 18.0 Å². The first kappa shape index (κ1) is 19.6. The minimum absolute atomic E-state index is 0.328. The number of hydrogen-bond donors (Lipinski definition) is 3. The zero-order chi connectivity index (χ0) is 21.9. The van der Waals surface area contributed by atoms with Gasteiger partial charge in [0, 0.05) is 11.6 Å². The molecule has 6 nitrogen and oxygen atoms in total. The second kappa shape index (κ2) is 8.43. The number of hydrogen-bond acceptors (Lipinski definition) is 4. The zero-order valence-electron chi connectivity index (χ0n) is 17.2. The second-order valence-corrected chi connectivity index (χ2v) is 7.59. The van der Waals surface area contributed by atoms with E-state index in [1.165, 1.54) is 0 Å². The van der Waals surface area contributed by atoms with Gasteiger partial charge in [0.2, 0.25) is 0 Å². The number of fused-ring (bicyclic) bond motifs is 1. The largest absolute Gasteiger partial charge is 0.489 e. The first-order valence-corrected chi connectivity index (χ1v) is 10.3. The van der Waals surface area contributed by atoms with Crippen LogP contribution in [0, 0.1) is 0 Å². The maximum atomic E-state index is 12.7. The van der Waals surface area contributed by atoms with Gasteiger partial charge in [-0.25, -0.2) is 4.79 Å². The summed E-state index contributed by atoms with van der Waals surface area (Å²) in [5, 5.41) is 3.21. The van der Waals surface area contributed by atoms with Crippen LogP contribution in [0.25, 0.3) is 5.70 Å². The van der Waals surface area contributed by atoms with Crippen molar-refractivity contribution in [2.24, 2.45) is 0 Å². The lowest BCUT2D eigenvalue weighted by Gasteiger charge is -2.25. The standard InChI is InChI=1S/C26H21N3O3/c30-25-23-21(18-11-13-20(14-12-18)32-16-17-7-3-1-4-8-17)15-22(19-9-5-2-6-10-19)27-24(23)28-26(31)29-25/h1-15,21H,16H2,(H3,27,28,29,30,31). The highest BCUT2D eigenvalue weighted by Crippen LogP contribution is 2.36. The van der Waals surface area contributed by atoms with Crippen LogP contribution in [0.3, 0.4) is 0 Å². The van der Waals surface area contributed by atoms with Gasteiger partial charge in [-0.1, -0.05) is 72.8 Å². The van der Waals surface area contributed by atoms with E-state index in [0.717, 1.165) is 28.1 Å². The van der Waals surface area contributed by atoms with E-state index < -0.39 is 11.2 Å². The van der Waals surface area contributed by atoms with Crippen molar-refractivity contribution >= 4 is 11.5 Å². The molecule has 0 amide bonds. The van der Waals surface area contributed by atoms with Crippen LogP contribution in [0.1, 0.15) is 28.2 Å². The molecule has 6 heteroatoms. The normalized spacial score (nSPS) is 14.8. The van der Waals surface area contributed by atoms with Gasteiger partial charge in [-0.3, -0.25) is 14.8 Å². The summed E-state index contributed by atoms with van der Waals surface area (Å²) in [5.41, 5.74) is 3.33. The number of rotatable bonds is 5. The van der Waals surface area contributed by atoms with E-state index in [9.17, 15) is 9.59 Å². The molecular weight excluding hydrogens is 402 g/mol. The highest BCUT2D eigenvalue weighted by molar-refractivity contribution is 5.81. The van der Waals surface area contributed by atoms with Gasteiger partial charge in [0.15, 0.2) is 0 Å². The van der Waals surface area contributed by atoms with Crippen LogP contribution in [0.5, 0.6) is 5.75 Å². The monoisotopic (exact) mass is 423 g/mol. The number of nitrogens with one attached hydrogen (secondary N) is 3. The number of benzene rings is 3. The minimum atomic E-state index is -0.543. The number of ether oxygens (including phenoxy) is 1. The molecule has 0 saturated heterocycles. The Kier molecular flexibility index (Phi) is 5.17. The molecule has 3 N–H and O–H groups in total. The third-order valence-electron chi connectivity index (χ3n) is 5.46. The molecule has 1 unspecified atom stereocenters. The molecule has 0 radical (unpaired) electrons. The predicted molar refractivity (Wildman–Crippen MR) is 125 cm³/mol. The van der Waals surface area contributed by atoms with E-state index >= 15 is 0 Å². The van der Waals surface area contributed by atoms with Crippen molar-refractivity contribution in [3.05, 3.63) is 134 Å². The van der Waals surface area contributed by atoms with Gasteiger partial charge in [-0.15, -0.1) is 0 Å². The lowest BCUT2D eigenvalue weighted by Crippen LogP contribution is -2.31. The van der Waals surface area contributed by atoms with Crippen LogP contribution in [0.2, 0.25) is 0 Å². The summed E-state index contributed by atoms with van der Waals surface area (Å²) in [6.45, 7) is 0.481. The third kappa shape index (κ3) is 3.98. The van der Waals surface area contributed by atoms with Crippen molar-refractivity contribution in [1.29, 1.82) is 0 Å². The van der Waals surface area contributed by atoms with E-state index in [4.69, 9.17) is 4.74 Å². The Balaban J connectivity index is 1.49. The van der Waals surface area contributed by atoms with Crippen molar-refractivity contribution in [2.75, 3.05) is 5.32 Å². The highest BCUT2D eigenvalue weighted by atomic mass is 16.5. The van der Waals surface area contributed by atoms with Crippen molar-refractivity contribution in [3.63, 3.8) is 0 Å². The molecule has 1 aromatic heterocycles. The van der Waals surface area contributed by atoms with Crippen LogP contribution < -0.4 is 21.3 Å². The molecule has 0 spiro atoms. The molecule has 1 aliphatic heterocycles. The fourth-order valence-corrected chi connectivity index (χ4v) is 3.88. The summed E-state index contributed by atoms with van der Waals surface area (Å²) < 4.78 is 5.89. The van der Waals surface area contributed by atoms with Crippen LogP contribution >= 0.6 is 0 Å². The zero-order valence-corrected chi connectivity index (χ0v) is 17.2. The first-order chi connectivity index (χ1) is 15.7. The predicted octanol–water partition coefficient (Wildman–Crippen LogP) is 4.24. The van der Waals surface area contributed by atoms with Crippen LogP contribution in [-0.4, -0.2) is 9.97 Å². The number of aromatic amines is 2. The summed E-state index contributed by atoms with van der Waals surface area (Å²) in [6, 6.07) is 27.5. The Morgan fingerprint density at radius 1 is 0.781 bits per heavy atom. The highest BCUT2D eigenvalue weighted by Gasteiger charge is 2.26. The van der Waals surface area contributed by atoms with Gasteiger partial charge < -0.3 is 10.1 Å². The summed E-state index contributed by atoms with van der Waals surface area (Å²) >= 11 is 0. The Labute approximate surface area is 184 Å². The first-order valence-electron chi connectivity index (χ1n) is 10.3. The smallest absolute Gasteiger partial charge is 0.327 e. The van der Waals surface area contributed by atoms with E-state index in [2.05, 4.69) is 15.3 Å². The Bertz CT molecular complexity index is 1370. The van der Waals surface area contributed by atoms with Gasteiger partial charge in [0.05, 0.1) is 5.56 Å². The van der Waals surface area contributed by atoms with Crippen LogP contribution in [0.15, 0.2) is 101 Å². The molecule has 32 heavy (non-hydrogen) atoms. The maximum Gasteiger partial charge on any atom is 0.327 e.